The molecule has 1 aliphatic rings. The zero-order valence-corrected chi connectivity index (χ0v) is 14.2. The van der Waals surface area contributed by atoms with Crippen molar-refractivity contribution in [3.05, 3.63) is 59.4 Å². The van der Waals surface area contributed by atoms with E-state index < -0.39 is 36.4 Å². The molecule has 5 atom stereocenters. The molecular formula is C17H16ClFN4O3. The maximum atomic E-state index is 13.7. The Hall–Kier alpha value is -2.10. The quantitative estimate of drug-likeness (QED) is 0.638. The third kappa shape index (κ3) is 2.76. The van der Waals surface area contributed by atoms with Crippen LogP contribution in [0, 0.1) is 5.82 Å². The summed E-state index contributed by atoms with van der Waals surface area (Å²) in [4.78, 5) is 8.12. The molecule has 2 aromatic heterocycles. The molecule has 1 aliphatic heterocycles. The number of ether oxygens (including phenoxy) is 1. The van der Waals surface area contributed by atoms with Crippen molar-refractivity contribution < 1.29 is 19.3 Å². The molecule has 4 rings (SSSR count). The largest absolute Gasteiger partial charge is 0.387 e. The third-order valence-electron chi connectivity index (χ3n) is 4.61. The fraction of sp³-hybridized carbons (Fsp3) is 0.294. The standard InChI is InChI=1S/C17H16ClFN4O3/c18-10-2-1-8(5-11(10)19)12(20)15-13(24)14(25)17(26-15)23-4-3-9-6-21-7-22-16(9)23/h1-7,12-15,17,24-25H,20H2. The van der Waals surface area contributed by atoms with Gasteiger partial charge in [0.1, 0.15) is 36.1 Å². The van der Waals surface area contributed by atoms with Crippen LogP contribution in [-0.4, -0.2) is 43.1 Å². The number of aliphatic hydroxyl groups excluding tert-OH is 2. The Morgan fingerprint density at radius 2 is 2.08 bits per heavy atom. The van der Waals surface area contributed by atoms with E-state index in [4.69, 9.17) is 22.1 Å². The van der Waals surface area contributed by atoms with Crippen molar-refractivity contribution in [2.75, 3.05) is 0 Å². The van der Waals surface area contributed by atoms with Gasteiger partial charge in [-0.1, -0.05) is 17.7 Å². The Bertz CT molecular complexity index is 953. The Labute approximate surface area is 152 Å². The second-order valence-corrected chi connectivity index (χ2v) is 6.60. The van der Waals surface area contributed by atoms with Gasteiger partial charge in [-0.15, -0.1) is 0 Å². The summed E-state index contributed by atoms with van der Waals surface area (Å²) in [7, 11) is 0. The SMILES string of the molecule is NC(c1ccc(Cl)c(F)c1)C1OC(n2ccc3cncnc32)C(O)C1O. The first-order chi connectivity index (χ1) is 12.5. The fourth-order valence-corrected chi connectivity index (χ4v) is 3.34. The predicted molar refractivity (Wildman–Crippen MR) is 91.8 cm³/mol. The van der Waals surface area contributed by atoms with Gasteiger partial charge >= 0.3 is 0 Å². The van der Waals surface area contributed by atoms with Crippen molar-refractivity contribution in [3.63, 3.8) is 0 Å². The van der Waals surface area contributed by atoms with Crippen molar-refractivity contribution in [2.45, 2.75) is 30.6 Å². The van der Waals surface area contributed by atoms with E-state index >= 15 is 0 Å². The first kappa shape index (κ1) is 17.3. The lowest BCUT2D eigenvalue weighted by atomic mass is 9.97. The van der Waals surface area contributed by atoms with E-state index in [9.17, 15) is 14.6 Å². The highest BCUT2D eigenvalue weighted by Crippen LogP contribution is 2.36. The average molecular weight is 379 g/mol. The van der Waals surface area contributed by atoms with Crippen molar-refractivity contribution in [1.29, 1.82) is 0 Å². The molecule has 0 radical (unpaired) electrons. The summed E-state index contributed by atoms with van der Waals surface area (Å²) in [5.74, 6) is -0.614. The number of halogens is 2. The van der Waals surface area contributed by atoms with E-state index in [-0.39, 0.29) is 5.02 Å². The highest BCUT2D eigenvalue weighted by Gasteiger charge is 2.46. The smallest absolute Gasteiger partial charge is 0.164 e. The van der Waals surface area contributed by atoms with Crippen LogP contribution in [0.1, 0.15) is 17.8 Å². The Morgan fingerprint density at radius 1 is 1.27 bits per heavy atom. The van der Waals surface area contributed by atoms with E-state index in [2.05, 4.69) is 9.97 Å². The number of rotatable bonds is 3. The molecule has 0 saturated carbocycles. The molecule has 26 heavy (non-hydrogen) atoms. The van der Waals surface area contributed by atoms with Crippen LogP contribution in [0.2, 0.25) is 5.02 Å². The van der Waals surface area contributed by atoms with Gasteiger partial charge in [-0.2, -0.15) is 0 Å². The van der Waals surface area contributed by atoms with Gasteiger partial charge in [0.15, 0.2) is 6.23 Å². The van der Waals surface area contributed by atoms with Crippen LogP contribution in [-0.2, 0) is 4.74 Å². The second kappa shape index (κ2) is 6.57. The summed E-state index contributed by atoms with van der Waals surface area (Å²) in [6, 6.07) is 5.07. The summed E-state index contributed by atoms with van der Waals surface area (Å²) in [5, 5.41) is 21.6. The number of aromatic nitrogens is 3. The number of benzene rings is 1. The Morgan fingerprint density at radius 3 is 2.85 bits per heavy atom. The van der Waals surface area contributed by atoms with Gasteiger partial charge in [0, 0.05) is 17.8 Å². The topological polar surface area (TPSA) is 106 Å². The van der Waals surface area contributed by atoms with Crippen molar-refractivity contribution >= 4 is 22.6 Å². The number of fused-ring (bicyclic) bond motifs is 1. The van der Waals surface area contributed by atoms with Crippen LogP contribution in [0.15, 0.2) is 43.0 Å². The minimum Gasteiger partial charge on any atom is -0.387 e. The molecule has 136 valence electrons. The van der Waals surface area contributed by atoms with E-state index in [1.54, 1.807) is 29.1 Å². The van der Waals surface area contributed by atoms with Crippen LogP contribution < -0.4 is 5.73 Å². The molecule has 4 N–H and O–H groups in total. The van der Waals surface area contributed by atoms with Crippen LogP contribution in [0.4, 0.5) is 4.39 Å². The number of hydrogen-bond acceptors (Lipinski definition) is 6. The molecule has 9 heteroatoms. The summed E-state index contributed by atoms with van der Waals surface area (Å²) in [6.45, 7) is 0. The van der Waals surface area contributed by atoms with E-state index in [1.807, 2.05) is 0 Å². The highest BCUT2D eigenvalue weighted by molar-refractivity contribution is 6.30. The molecule has 5 unspecified atom stereocenters. The van der Waals surface area contributed by atoms with E-state index in [1.165, 1.54) is 18.5 Å². The van der Waals surface area contributed by atoms with Crippen molar-refractivity contribution in [3.8, 4) is 0 Å². The van der Waals surface area contributed by atoms with Crippen molar-refractivity contribution in [1.82, 2.24) is 14.5 Å². The van der Waals surface area contributed by atoms with Gasteiger partial charge in [0.25, 0.3) is 0 Å². The maximum Gasteiger partial charge on any atom is 0.164 e. The minimum absolute atomic E-state index is 0.0229. The lowest BCUT2D eigenvalue weighted by Gasteiger charge is -2.22. The minimum atomic E-state index is -1.26. The maximum absolute atomic E-state index is 13.7. The second-order valence-electron chi connectivity index (χ2n) is 6.20. The summed E-state index contributed by atoms with van der Waals surface area (Å²) in [5.41, 5.74) is 7.12. The molecule has 7 nitrogen and oxygen atoms in total. The van der Waals surface area contributed by atoms with Crippen LogP contribution >= 0.6 is 11.6 Å². The molecule has 3 aromatic rings. The lowest BCUT2D eigenvalue weighted by Crippen LogP contribution is -2.38. The zero-order chi connectivity index (χ0) is 18.4. The number of hydrogen-bond donors (Lipinski definition) is 3. The van der Waals surface area contributed by atoms with Gasteiger partial charge in [-0.25, -0.2) is 14.4 Å². The van der Waals surface area contributed by atoms with E-state index in [0.717, 1.165) is 5.39 Å². The molecule has 0 amide bonds. The first-order valence-corrected chi connectivity index (χ1v) is 8.34. The van der Waals surface area contributed by atoms with Gasteiger partial charge < -0.3 is 25.3 Å². The third-order valence-corrected chi connectivity index (χ3v) is 4.92. The molecule has 1 fully saturated rings. The summed E-state index contributed by atoms with van der Waals surface area (Å²) in [6.07, 6.45) is 0.407. The van der Waals surface area contributed by atoms with E-state index in [0.29, 0.717) is 11.2 Å². The lowest BCUT2D eigenvalue weighted by molar-refractivity contribution is -0.0422. The number of nitrogens with zero attached hydrogens (tertiary/aromatic N) is 3. The molecule has 1 saturated heterocycles. The molecule has 0 spiro atoms. The Kier molecular flexibility index (Phi) is 4.37. The molecule has 0 aliphatic carbocycles. The average Bonchev–Trinajstić information content (AvgIpc) is 3.19. The normalized spacial score (nSPS) is 27.1. The molecule has 3 heterocycles. The monoisotopic (exact) mass is 378 g/mol. The molecule has 1 aromatic carbocycles. The summed E-state index contributed by atoms with van der Waals surface area (Å²) < 4.78 is 21.2. The first-order valence-electron chi connectivity index (χ1n) is 7.96. The fourth-order valence-electron chi connectivity index (χ4n) is 3.23. The Balaban J connectivity index is 1.64. The molecule has 0 bridgehead atoms. The predicted octanol–water partition coefficient (Wildman–Crippen LogP) is 1.54. The zero-order valence-electron chi connectivity index (χ0n) is 13.4. The van der Waals surface area contributed by atoms with Gasteiger partial charge in [-0.05, 0) is 23.8 Å². The molecular weight excluding hydrogens is 363 g/mol. The van der Waals surface area contributed by atoms with Crippen LogP contribution in [0.25, 0.3) is 11.0 Å². The number of nitrogens with two attached hydrogens (primary N) is 1. The summed E-state index contributed by atoms with van der Waals surface area (Å²) >= 11 is 5.69. The van der Waals surface area contributed by atoms with Gasteiger partial charge in [-0.3, -0.25) is 0 Å². The van der Waals surface area contributed by atoms with Crippen LogP contribution in [0.5, 0.6) is 0 Å². The number of aliphatic hydroxyl groups is 2. The van der Waals surface area contributed by atoms with Gasteiger partial charge in [0.2, 0.25) is 0 Å². The van der Waals surface area contributed by atoms with Gasteiger partial charge in [0.05, 0.1) is 11.1 Å². The van der Waals surface area contributed by atoms with Crippen LogP contribution in [0.3, 0.4) is 0 Å². The highest BCUT2D eigenvalue weighted by atomic mass is 35.5. The van der Waals surface area contributed by atoms with Crippen molar-refractivity contribution in [2.24, 2.45) is 5.73 Å².